The van der Waals surface area contributed by atoms with E-state index in [4.69, 9.17) is 13.9 Å². The predicted molar refractivity (Wildman–Crippen MR) is 171 cm³/mol. The molecule has 1 aromatic heterocycles. The average Bonchev–Trinajstić information content (AvgIpc) is 3.53. The minimum atomic E-state index is -0.958. The molecule has 45 heavy (non-hydrogen) atoms. The highest BCUT2D eigenvalue weighted by molar-refractivity contribution is 5.84. The molecule has 3 aromatic rings. The molecule has 2 aliphatic heterocycles. The van der Waals surface area contributed by atoms with Gasteiger partial charge in [0.25, 0.3) is 5.91 Å². The number of aromatic nitrogens is 1. The van der Waals surface area contributed by atoms with Crippen molar-refractivity contribution in [3.8, 4) is 23.0 Å². The number of carbonyl (C=O) groups excluding carboxylic acids is 3. The highest BCUT2D eigenvalue weighted by atomic mass is 16.5. The van der Waals surface area contributed by atoms with Gasteiger partial charge in [0.15, 0.2) is 18.1 Å². The summed E-state index contributed by atoms with van der Waals surface area (Å²) in [7, 11) is 1.54. The van der Waals surface area contributed by atoms with Gasteiger partial charge in [0.1, 0.15) is 6.26 Å². The SMILES string of the molecule is COc1cc2ccc1OCC(=O)NCCNCCCC(=O)NCC(CCC(C)C)(C(=O)NCc1coc(-c3ccccc3)n1)C2. The van der Waals surface area contributed by atoms with Crippen LogP contribution in [0.3, 0.4) is 0 Å². The van der Waals surface area contributed by atoms with E-state index in [0.29, 0.717) is 74.3 Å². The van der Waals surface area contributed by atoms with E-state index in [0.717, 1.165) is 17.5 Å². The van der Waals surface area contributed by atoms with Crippen molar-refractivity contribution < 1.29 is 28.3 Å². The number of fused-ring (bicyclic) bond motifs is 16. The number of hydrogen-bond acceptors (Lipinski definition) is 8. The van der Waals surface area contributed by atoms with Crippen LogP contribution in [0.5, 0.6) is 11.5 Å². The second-order valence-electron chi connectivity index (χ2n) is 11.8. The van der Waals surface area contributed by atoms with Crippen molar-refractivity contribution in [3.63, 3.8) is 0 Å². The first-order chi connectivity index (χ1) is 21.8. The molecular formula is C34H45N5O6. The van der Waals surface area contributed by atoms with Gasteiger partial charge in [-0.1, -0.05) is 38.1 Å². The highest BCUT2D eigenvalue weighted by Gasteiger charge is 2.39. The quantitative estimate of drug-likeness (QED) is 0.280. The number of carbonyl (C=O) groups is 3. The summed E-state index contributed by atoms with van der Waals surface area (Å²) in [4.78, 5) is 44.0. The van der Waals surface area contributed by atoms with Crippen LogP contribution < -0.4 is 30.7 Å². The van der Waals surface area contributed by atoms with Crippen LogP contribution >= 0.6 is 0 Å². The summed E-state index contributed by atoms with van der Waals surface area (Å²) < 4.78 is 17.0. The third-order valence-electron chi connectivity index (χ3n) is 7.82. The molecule has 0 aliphatic carbocycles. The second-order valence-corrected chi connectivity index (χ2v) is 11.8. The van der Waals surface area contributed by atoms with Gasteiger partial charge < -0.3 is 35.2 Å². The third-order valence-corrected chi connectivity index (χ3v) is 7.82. The molecule has 0 saturated carbocycles. The molecule has 0 radical (unpaired) electrons. The first kappa shape index (κ1) is 33.5. The molecule has 2 bridgehead atoms. The smallest absolute Gasteiger partial charge is 0.257 e. The zero-order chi connectivity index (χ0) is 32.1. The number of rotatable bonds is 8. The van der Waals surface area contributed by atoms with Gasteiger partial charge in [0.2, 0.25) is 17.7 Å². The minimum absolute atomic E-state index is 0.116. The fraction of sp³-hybridized carbons (Fsp3) is 0.471. The Morgan fingerprint density at radius 2 is 1.89 bits per heavy atom. The molecule has 3 heterocycles. The number of nitrogens with zero attached hydrogens (tertiary/aromatic N) is 1. The van der Waals surface area contributed by atoms with Crippen molar-refractivity contribution in [2.24, 2.45) is 11.3 Å². The summed E-state index contributed by atoms with van der Waals surface area (Å²) >= 11 is 0. The van der Waals surface area contributed by atoms with Crippen molar-refractivity contribution in [2.45, 2.75) is 52.5 Å². The van der Waals surface area contributed by atoms with Crippen LogP contribution in [0.2, 0.25) is 0 Å². The third kappa shape index (κ3) is 10.1. The van der Waals surface area contributed by atoms with E-state index in [9.17, 15) is 14.4 Å². The molecule has 0 fully saturated rings. The predicted octanol–water partition coefficient (Wildman–Crippen LogP) is 3.63. The van der Waals surface area contributed by atoms with E-state index in [1.807, 2.05) is 42.5 Å². The zero-order valence-corrected chi connectivity index (χ0v) is 26.4. The van der Waals surface area contributed by atoms with Crippen molar-refractivity contribution in [3.05, 3.63) is 66.1 Å². The zero-order valence-electron chi connectivity index (χ0n) is 26.4. The molecule has 242 valence electrons. The van der Waals surface area contributed by atoms with Crippen molar-refractivity contribution in [2.75, 3.05) is 39.9 Å². The lowest BCUT2D eigenvalue weighted by Crippen LogP contribution is -2.50. The molecule has 0 spiro atoms. The summed E-state index contributed by atoms with van der Waals surface area (Å²) in [5, 5.41) is 12.2. The van der Waals surface area contributed by atoms with Crippen molar-refractivity contribution in [1.29, 1.82) is 0 Å². The Balaban J connectivity index is 1.60. The second kappa shape index (κ2) is 16.6. The molecule has 11 heteroatoms. The molecule has 5 rings (SSSR count). The summed E-state index contributed by atoms with van der Waals surface area (Å²) in [5.74, 6) is 1.17. The molecule has 1 atom stereocenters. The molecule has 4 N–H and O–H groups in total. The largest absolute Gasteiger partial charge is 0.493 e. The van der Waals surface area contributed by atoms with Crippen LogP contribution in [0.4, 0.5) is 0 Å². The van der Waals surface area contributed by atoms with Crippen LogP contribution in [-0.2, 0) is 27.3 Å². The standard InChI is InChI=1S/C34H45N5O6/c1-24(2)13-14-34(33(42)37-20-27-21-45-32(39-27)26-8-5-4-6-9-26)19-25-11-12-28(29(18-25)43-3)44-22-31(41)36-17-16-35-15-7-10-30(40)38-23-34/h4-6,8-9,11-12,18,21,24,35H,7,10,13-17,19-20,22-23H2,1-3H3,(H,36,41)(H,37,42)(H,38,40). The van der Waals surface area contributed by atoms with E-state index in [1.165, 1.54) is 7.11 Å². The molecule has 11 nitrogen and oxygen atoms in total. The Kier molecular flexibility index (Phi) is 12.4. The Morgan fingerprint density at radius 3 is 2.67 bits per heavy atom. The number of amides is 3. The highest BCUT2D eigenvalue weighted by Crippen LogP contribution is 2.35. The molecule has 2 aliphatic rings. The van der Waals surface area contributed by atoms with Gasteiger partial charge in [0, 0.05) is 31.6 Å². The fourth-order valence-corrected chi connectivity index (χ4v) is 5.21. The van der Waals surface area contributed by atoms with Gasteiger partial charge >= 0.3 is 0 Å². The Labute approximate surface area is 264 Å². The Hall–Kier alpha value is -4.38. The molecule has 1 unspecified atom stereocenters. The summed E-state index contributed by atoms with van der Waals surface area (Å²) in [6.45, 7) is 6.08. The Bertz CT molecular complexity index is 1410. The maximum absolute atomic E-state index is 14.2. The number of oxazole rings is 1. The van der Waals surface area contributed by atoms with Gasteiger partial charge in [0.05, 0.1) is 24.8 Å². The van der Waals surface area contributed by atoms with Crippen LogP contribution in [0, 0.1) is 11.3 Å². The monoisotopic (exact) mass is 619 g/mol. The lowest BCUT2D eigenvalue weighted by molar-refractivity contribution is -0.132. The van der Waals surface area contributed by atoms with Crippen LogP contribution in [0.15, 0.2) is 59.2 Å². The lowest BCUT2D eigenvalue weighted by Gasteiger charge is -2.34. The van der Waals surface area contributed by atoms with Crippen LogP contribution in [-0.4, -0.2) is 62.6 Å². The molecule has 3 amide bonds. The summed E-state index contributed by atoms with van der Waals surface area (Å²) in [5.41, 5.74) is 1.33. The van der Waals surface area contributed by atoms with Gasteiger partial charge in [-0.3, -0.25) is 14.4 Å². The number of nitrogens with one attached hydrogen (secondary N) is 4. The average molecular weight is 620 g/mol. The lowest BCUT2D eigenvalue weighted by atomic mass is 9.75. The van der Waals surface area contributed by atoms with E-state index < -0.39 is 5.41 Å². The number of methoxy groups -OCH3 is 1. The number of ether oxygens (including phenoxy) is 2. The van der Waals surface area contributed by atoms with Gasteiger partial charge in [-0.25, -0.2) is 4.98 Å². The maximum Gasteiger partial charge on any atom is 0.257 e. The van der Waals surface area contributed by atoms with Crippen LogP contribution in [0.1, 0.15) is 50.8 Å². The normalized spacial score (nSPS) is 18.6. The Morgan fingerprint density at radius 1 is 1.07 bits per heavy atom. The number of hydrogen-bond donors (Lipinski definition) is 4. The van der Waals surface area contributed by atoms with E-state index >= 15 is 0 Å². The first-order valence-corrected chi connectivity index (χ1v) is 15.6. The van der Waals surface area contributed by atoms with Crippen LogP contribution in [0.25, 0.3) is 11.5 Å². The van der Waals surface area contributed by atoms with E-state index in [2.05, 4.69) is 40.1 Å². The molecular weight excluding hydrogens is 574 g/mol. The minimum Gasteiger partial charge on any atom is -0.493 e. The molecule has 0 saturated heterocycles. The van der Waals surface area contributed by atoms with Crippen molar-refractivity contribution in [1.82, 2.24) is 26.3 Å². The molecule has 2 aromatic carbocycles. The summed E-state index contributed by atoms with van der Waals surface area (Å²) in [6, 6.07) is 15.0. The topological polar surface area (TPSA) is 144 Å². The van der Waals surface area contributed by atoms with Crippen molar-refractivity contribution >= 4 is 17.7 Å². The van der Waals surface area contributed by atoms with Gasteiger partial charge in [-0.2, -0.15) is 0 Å². The number of benzene rings is 2. The first-order valence-electron chi connectivity index (χ1n) is 15.6. The van der Waals surface area contributed by atoms with Gasteiger partial charge in [-0.15, -0.1) is 0 Å². The maximum atomic E-state index is 14.2. The van der Waals surface area contributed by atoms with Gasteiger partial charge in [-0.05, 0) is 68.0 Å². The van der Waals surface area contributed by atoms with E-state index in [1.54, 1.807) is 12.3 Å². The fourth-order valence-electron chi connectivity index (χ4n) is 5.21. The summed E-state index contributed by atoms with van der Waals surface area (Å²) in [6.07, 6.45) is 4.17. The van der Waals surface area contributed by atoms with E-state index in [-0.39, 0.29) is 37.4 Å².